The van der Waals surface area contributed by atoms with E-state index in [2.05, 4.69) is 5.10 Å². The fourth-order valence-electron chi connectivity index (χ4n) is 6.17. The number of esters is 1. The number of ether oxygens (including phenoxy) is 3. The number of carbonyl (C=O) groups is 1. The van der Waals surface area contributed by atoms with Gasteiger partial charge in [0.15, 0.2) is 0 Å². The average Bonchev–Trinajstić information content (AvgIpc) is 3.45. The molecule has 6 rings (SSSR count). The van der Waals surface area contributed by atoms with Gasteiger partial charge in [0.2, 0.25) is 0 Å². The molecule has 1 aliphatic rings. The van der Waals surface area contributed by atoms with Gasteiger partial charge < -0.3 is 18.8 Å². The van der Waals surface area contributed by atoms with Crippen LogP contribution in [0.1, 0.15) is 47.2 Å². The molecule has 45 heavy (non-hydrogen) atoms. The lowest BCUT2D eigenvalue weighted by atomic mass is 9.98. The van der Waals surface area contributed by atoms with E-state index < -0.39 is 24.9 Å². The van der Waals surface area contributed by atoms with E-state index in [9.17, 15) is 9.18 Å². The van der Waals surface area contributed by atoms with E-state index in [4.69, 9.17) is 25.8 Å². The Morgan fingerprint density at radius 2 is 1.93 bits per heavy atom. The first-order valence-electron chi connectivity index (χ1n) is 14.9. The zero-order valence-electron chi connectivity index (χ0n) is 25.3. The van der Waals surface area contributed by atoms with Crippen LogP contribution < -0.4 is 4.74 Å². The predicted octanol–water partition coefficient (Wildman–Crippen LogP) is 8.04. The molecule has 236 valence electrons. The highest BCUT2D eigenvalue weighted by molar-refractivity contribution is 6.35. The van der Waals surface area contributed by atoms with Crippen LogP contribution in [-0.4, -0.2) is 46.1 Å². The summed E-state index contributed by atoms with van der Waals surface area (Å²) in [4.78, 5) is 13.6. The van der Waals surface area contributed by atoms with E-state index in [0.717, 1.165) is 21.9 Å². The smallest absolute Gasteiger partial charge is 0.355 e. The Kier molecular flexibility index (Phi) is 8.54. The molecule has 0 unspecified atom stereocenters. The van der Waals surface area contributed by atoms with E-state index in [1.54, 1.807) is 41.4 Å². The molecule has 0 atom stereocenters. The van der Waals surface area contributed by atoms with Crippen LogP contribution in [-0.2, 0) is 36.1 Å². The summed E-state index contributed by atoms with van der Waals surface area (Å²) in [5.74, 6) is -3.45. The molecule has 0 radical (unpaired) electrons. The minimum absolute atomic E-state index is 0.115. The number of aromatic nitrogens is 3. The van der Waals surface area contributed by atoms with Gasteiger partial charge >= 0.3 is 5.97 Å². The summed E-state index contributed by atoms with van der Waals surface area (Å²) in [5, 5.41) is 7.20. The Balaban J connectivity index is 1.46. The summed E-state index contributed by atoms with van der Waals surface area (Å²) in [6.07, 6.45) is 0.350. The predicted molar refractivity (Wildman–Crippen MR) is 167 cm³/mol. The first-order chi connectivity index (χ1) is 21.6. The van der Waals surface area contributed by atoms with Gasteiger partial charge in [0.25, 0.3) is 5.92 Å². The van der Waals surface area contributed by atoms with Gasteiger partial charge in [-0.15, -0.1) is 0 Å². The summed E-state index contributed by atoms with van der Waals surface area (Å²) < 4.78 is 64.3. The Hall–Kier alpha value is -4.02. The number of aryl methyl sites for hydroxylation is 3. The maximum Gasteiger partial charge on any atom is 0.355 e. The summed E-state index contributed by atoms with van der Waals surface area (Å²) in [5.41, 5.74) is 4.03. The van der Waals surface area contributed by atoms with Gasteiger partial charge in [-0.25, -0.2) is 18.0 Å². The van der Waals surface area contributed by atoms with Crippen LogP contribution in [0.25, 0.3) is 32.8 Å². The molecule has 0 saturated heterocycles. The van der Waals surface area contributed by atoms with Crippen LogP contribution in [0.3, 0.4) is 0 Å². The van der Waals surface area contributed by atoms with Crippen molar-refractivity contribution in [1.82, 2.24) is 14.3 Å². The van der Waals surface area contributed by atoms with Crippen molar-refractivity contribution in [2.75, 3.05) is 19.8 Å². The zero-order valence-corrected chi connectivity index (χ0v) is 26.0. The van der Waals surface area contributed by atoms with Crippen molar-refractivity contribution in [2.24, 2.45) is 7.05 Å². The molecule has 7 nitrogen and oxygen atoms in total. The fraction of sp³-hybridized carbons (Fsp3) is 0.353. The maximum absolute atomic E-state index is 15.1. The molecule has 3 aromatic carbocycles. The summed E-state index contributed by atoms with van der Waals surface area (Å²) in [6, 6.07) is 13.6. The van der Waals surface area contributed by atoms with Crippen LogP contribution >= 0.6 is 11.6 Å². The van der Waals surface area contributed by atoms with E-state index >= 15 is 8.78 Å². The number of alkyl halides is 2. The van der Waals surface area contributed by atoms with Gasteiger partial charge in [0.1, 0.15) is 23.9 Å². The van der Waals surface area contributed by atoms with Gasteiger partial charge in [-0.2, -0.15) is 5.10 Å². The highest BCUT2D eigenvalue weighted by Crippen LogP contribution is 2.43. The first kappa shape index (κ1) is 31.0. The molecular formula is C34H33ClF3N3O4. The number of carbonyl (C=O) groups excluding carboxylic acids is 1. The largest absolute Gasteiger partial charge is 0.493 e. The monoisotopic (exact) mass is 639 g/mol. The number of fused-ring (bicyclic) bond motifs is 3. The first-order valence-corrected chi connectivity index (χ1v) is 15.3. The molecule has 0 amide bonds. The lowest BCUT2D eigenvalue weighted by molar-refractivity contribution is -0.0890. The third-order valence-electron chi connectivity index (χ3n) is 8.29. The van der Waals surface area contributed by atoms with Crippen LogP contribution in [0, 0.1) is 12.7 Å². The van der Waals surface area contributed by atoms with Crippen molar-refractivity contribution < 1.29 is 32.2 Å². The highest BCUT2D eigenvalue weighted by atomic mass is 35.5. The molecule has 0 saturated carbocycles. The van der Waals surface area contributed by atoms with E-state index in [1.807, 2.05) is 25.1 Å². The Labute approximate surface area is 263 Å². The molecule has 0 N–H and O–H groups in total. The normalized spacial score (nSPS) is 14.7. The molecule has 0 aliphatic carbocycles. The number of hydrogen-bond acceptors (Lipinski definition) is 5. The quantitative estimate of drug-likeness (QED) is 0.133. The SMILES string of the molecule is CCOC(=O)c1c(CCCOc2cccc3cc(F)ccc23)c2ccc(Cl)c3c2n1CCC(F)(F)COCc1nn(C)c(C)c1-3. The van der Waals surface area contributed by atoms with Crippen molar-refractivity contribution in [3.8, 4) is 16.9 Å². The number of benzene rings is 3. The number of halogens is 4. The van der Waals surface area contributed by atoms with Crippen LogP contribution in [0.15, 0.2) is 48.5 Å². The Morgan fingerprint density at radius 3 is 2.73 bits per heavy atom. The maximum atomic E-state index is 15.1. The van der Waals surface area contributed by atoms with Crippen molar-refractivity contribution in [1.29, 1.82) is 0 Å². The standard InChI is InChI=1S/C34H33ClF3N3O4/c1-4-44-33(42)32-24(8-6-16-45-28-9-5-7-21-17-22(36)10-11-23(21)28)25-12-13-26(35)30-29-20(2)40(3)39-27(29)18-43-19-34(37,38)14-15-41(32)31(25)30/h5,7,9-13,17H,4,6,8,14-16,18-19H2,1-3H3. The van der Waals surface area contributed by atoms with Gasteiger partial charge in [-0.05, 0) is 68.0 Å². The Morgan fingerprint density at radius 1 is 1.13 bits per heavy atom. The summed E-state index contributed by atoms with van der Waals surface area (Å²) >= 11 is 6.89. The molecule has 0 fully saturated rings. The van der Waals surface area contributed by atoms with Crippen LogP contribution in [0.2, 0.25) is 5.02 Å². The third kappa shape index (κ3) is 5.89. The number of hydrogen-bond donors (Lipinski definition) is 0. The minimum atomic E-state index is -3.15. The van der Waals surface area contributed by atoms with Crippen molar-refractivity contribution in [2.45, 2.75) is 52.2 Å². The molecular weight excluding hydrogens is 607 g/mol. The van der Waals surface area contributed by atoms with Crippen molar-refractivity contribution in [3.63, 3.8) is 0 Å². The highest BCUT2D eigenvalue weighted by Gasteiger charge is 2.34. The number of nitrogens with zero attached hydrogens (tertiary/aromatic N) is 3. The van der Waals surface area contributed by atoms with E-state index in [-0.39, 0.29) is 31.3 Å². The van der Waals surface area contributed by atoms with Crippen LogP contribution in [0.4, 0.5) is 13.2 Å². The van der Waals surface area contributed by atoms with Gasteiger partial charge in [0.05, 0.1) is 36.1 Å². The van der Waals surface area contributed by atoms with Crippen LogP contribution in [0.5, 0.6) is 5.75 Å². The molecule has 0 spiro atoms. The third-order valence-corrected chi connectivity index (χ3v) is 8.60. The minimum Gasteiger partial charge on any atom is -0.493 e. The molecule has 5 aromatic rings. The second-order valence-corrected chi connectivity index (χ2v) is 11.6. The molecule has 1 aliphatic heterocycles. The van der Waals surface area contributed by atoms with Crippen molar-refractivity contribution >= 4 is 39.2 Å². The van der Waals surface area contributed by atoms with E-state index in [1.165, 1.54) is 12.1 Å². The molecule has 11 heteroatoms. The zero-order chi connectivity index (χ0) is 31.9. The molecule has 3 heterocycles. The summed E-state index contributed by atoms with van der Waals surface area (Å²) in [6.45, 7) is 2.95. The summed E-state index contributed by atoms with van der Waals surface area (Å²) in [7, 11) is 1.78. The van der Waals surface area contributed by atoms with Gasteiger partial charge in [-0.3, -0.25) is 4.68 Å². The van der Waals surface area contributed by atoms with Gasteiger partial charge in [0, 0.05) is 47.6 Å². The van der Waals surface area contributed by atoms with Gasteiger partial charge in [-0.1, -0.05) is 29.8 Å². The fourth-order valence-corrected chi connectivity index (χ4v) is 6.42. The van der Waals surface area contributed by atoms with E-state index in [0.29, 0.717) is 58.1 Å². The van der Waals surface area contributed by atoms with Crippen molar-refractivity contribution in [3.05, 3.63) is 82.0 Å². The Bertz CT molecular complexity index is 1920. The average molecular weight is 640 g/mol. The lowest BCUT2D eigenvalue weighted by Crippen LogP contribution is -2.26. The molecule has 0 bridgehead atoms. The molecule has 2 aromatic heterocycles. The number of rotatable bonds is 7. The second-order valence-electron chi connectivity index (χ2n) is 11.2. The second kappa shape index (κ2) is 12.4. The topological polar surface area (TPSA) is 67.5 Å². The lowest BCUT2D eigenvalue weighted by Gasteiger charge is -2.18.